The molecule has 2 aromatic rings. The number of halogens is 1. The molecule has 0 amide bonds. The number of ketones is 1. The molecule has 110 valence electrons. The lowest BCUT2D eigenvalue weighted by molar-refractivity contribution is 0.0992. The van der Waals surface area contributed by atoms with Crippen molar-refractivity contribution in [3.63, 3.8) is 0 Å². The lowest BCUT2D eigenvalue weighted by Gasteiger charge is -2.11. The average Bonchev–Trinajstić information content (AvgIpc) is 2.47. The maximum absolute atomic E-state index is 12.4. The van der Waals surface area contributed by atoms with Gasteiger partial charge in [0.15, 0.2) is 5.78 Å². The molecule has 0 spiro atoms. The largest absolute Gasteiger partial charge is 0.496 e. The number of Topliss-reactive ketones (excluding diaryl/α,β-unsaturated/α-hetero) is 1. The van der Waals surface area contributed by atoms with Crippen LogP contribution in [0.25, 0.3) is 0 Å². The van der Waals surface area contributed by atoms with E-state index in [2.05, 4.69) is 0 Å². The second kappa shape index (κ2) is 6.50. The average molecular weight is 306 g/mol. The van der Waals surface area contributed by atoms with Gasteiger partial charge in [0.1, 0.15) is 11.5 Å². The van der Waals surface area contributed by atoms with Gasteiger partial charge in [-0.15, -0.1) is 0 Å². The highest BCUT2D eigenvalue weighted by atomic mass is 35.5. The number of carbonyl (C=O) groups excluding carboxylic acids is 1. The van der Waals surface area contributed by atoms with E-state index in [-0.39, 0.29) is 12.2 Å². The molecule has 0 bridgehead atoms. The molecule has 0 aliphatic carbocycles. The predicted octanol–water partition coefficient (Wildman–Crippen LogP) is 3.36. The monoisotopic (exact) mass is 305 g/mol. The highest BCUT2D eigenvalue weighted by Crippen LogP contribution is 2.28. The van der Waals surface area contributed by atoms with Gasteiger partial charge in [-0.1, -0.05) is 17.7 Å². The SMILES string of the molecule is COc1ccc(Cl)cc1CC(=O)c1cccc(OC)c1N. The first-order valence-corrected chi connectivity index (χ1v) is 6.72. The number of carbonyl (C=O) groups is 1. The first-order chi connectivity index (χ1) is 10.1. The molecule has 0 heterocycles. The highest BCUT2D eigenvalue weighted by molar-refractivity contribution is 6.30. The molecule has 0 fully saturated rings. The van der Waals surface area contributed by atoms with Crippen LogP contribution in [0.15, 0.2) is 36.4 Å². The number of nitrogens with two attached hydrogens (primary N) is 1. The number of rotatable bonds is 5. The van der Waals surface area contributed by atoms with Gasteiger partial charge in [0, 0.05) is 22.6 Å². The number of methoxy groups -OCH3 is 2. The second-order valence-electron chi connectivity index (χ2n) is 4.48. The van der Waals surface area contributed by atoms with Gasteiger partial charge in [-0.3, -0.25) is 4.79 Å². The first kappa shape index (κ1) is 15.2. The van der Waals surface area contributed by atoms with Crippen LogP contribution in [0.3, 0.4) is 0 Å². The lowest BCUT2D eigenvalue weighted by Crippen LogP contribution is -2.09. The molecule has 21 heavy (non-hydrogen) atoms. The van der Waals surface area contributed by atoms with Gasteiger partial charge in [-0.05, 0) is 30.3 Å². The van der Waals surface area contributed by atoms with Crippen molar-refractivity contribution >= 4 is 23.1 Å². The third-order valence-corrected chi connectivity index (χ3v) is 3.41. The van der Waals surface area contributed by atoms with Gasteiger partial charge in [-0.25, -0.2) is 0 Å². The van der Waals surface area contributed by atoms with E-state index in [1.54, 1.807) is 43.5 Å². The number of anilines is 1. The van der Waals surface area contributed by atoms with E-state index >= 15 is 0 Å². The summed E-state index contributed by atoms with van der Waals surface area (Å²) in [7, 11) is 3.07. The third-order valence-electron chi connectivity index (χ3n) is 3.18. The van der Waals surface area contributed by atoms with Gasteiger partial charge >= 0.3 is 0 Å². The molecular weight excluding hydrogens is 290 g/mol. The summed E-state index contributed by atoms with van der Waals surface area (Å²) in [4.78, 5) is 12.4. The molecule has 0 radical (unpaired) electrons. The van der Waals surface area contributed by atoms with Crippen LogP contribution in [-0.2, 0) is 6.42 Å². The fourth-order valence-corrected chi connectivity index (χ4v) is 2.31. The molecule has 0 unspecified atom stereocenters. The predicted molar refractivity (Wildman–Crippen MR) is 83.4 cm³/mol. The summed E-state index contributed by atoms with van der Waals surface area (Å²) in [6.07, 6.45) is 0.154. The molecule has 0 aliphatic heterocycles. The topological polar surface area (TPSA) is 61.5 Å². The van der Waals surface area contributed by atoms with E-state index in [0.717, 1.165) is 5.56 Å². The number of para-hydroxylation sites is 1. The molecule has 2 N–H and O–H groups in total. The minimum Gasteiger partial charge on any atom is -0.496 e. The Hall–Kier alpha value is -2.20. The van der Waals surface area contributed by atoms with Crippen molar-refractivity contribution < 1.29 is 14.3 Å². The van der Waals surface area contributed by atoms with Gasteiger partial charge in [-0.2, -0.15) is 0 Å². The minimum atomic E-state index is -0.119. The van der Waals surface area contributed by atoms with Crippen LogP contribution in [-0.4, -0.2) is 20.0 Å². The maximum atomic E-state index is 12.4. The van der Waals surface area contributed by atoms with Gasteiger partial charge < -0.3 is 15.2 Å². The molecule has 0 saturated carbocycles. The Morgan fingerprint density at radius 2 is 1.86 bits per heavy atom. The highest BCUT2D eigenvalue weighted by Gasteiger charge is 2.16. The molecule has 0 atom stereocenters. The Labute approximate surface area is 128 Å². The van der Waals surface area contributed by atoms with Gasteiger partial charge in [0.2, 0.25) is 0 Å². The number of ether oxygens (including phenoxy) is 2. The van der Waals surface area contributed by atoms with Crippen molar-refractivity contribution in [2.75, 3.05) is 20.0 Å². The zero-order valence-electron chi connectivity index (χ0n) is 11.9. The number of nitrogen functional groups attached to an aromatic ring is 1. The summed E-state index contributed by atoms with van der Waals surface area (Å²) in [5.74, 6) is 0.986. The molecule has 0 aromatic heterocycles. The zero-order chi connectivity index (χ0) is 15.4. The van der Waals surface area contributed by atoms with Crippen LogP contribution in [0, 0.1) is 0 Å². The van der Waals surface area contributed by atoms with E-state index in [4.69, 9.17) is 26.8 Å². The Morgan fingerprint density at radius 3 is 2.52 bits per heavy atom. The third kappa shape index (κ3) is 3.28. The van der Waals surface area contributed by atoms with Crippen LogP contribution in [0.5, 0.6) is 11.5 Å². The summed E-state index contributed by atoms with van der Waals surface area (Å²) in [5, 5.41) is 0.553. The van der Waals surface area contributed by atoms with Crippen LogP contribution >= 0.6 is 11.6 Å². The van der Waals surface area contributed by atoms with Crippen molar-refractivity contribution in [3.8, 4) is 11.5 Å². The molecule has 4 nitrogen and oxygen atoms in total. The second-order valence-corrected chi connectivity index (χ2v) is 4.91. The molecule has 5 heteroatoms. The Kier molecular flexibility index (Phi) is 4.70. The molecule has 0 saturated heterocycles. The maximum Gasteiger partial charge on any atom is 0.169 e. The Balaban J connectivity index is 2.32. The lowest BCUT2D eigenvalue weighted by atomic mass is 10.0. The summed E-state index contributed by atoms with van der Waals surface area (Å²) in [6, 6.07) is 10.3. The smallest absolute Gasteiger partial charge is 0.169 e. The van der Waals surface area contributed by atoms with Crippen molar-refractivity contribution in [3.05, 3.63) is 52.5 Å². The molecular formula is C16H16ClNO3. The van der Waals surface area contributed by atoms with Crippen LogP contribution in [0.1, 0.15) is 15.9 Å². The van der Waals surface area contributed by atoms with E-state index in [1.807, 2.05) is 0 Å². The Bertz CT molecular complexity index is 671. The van der Waals surface area contributed by atoms with Crippen molar-refractivity contribution in [1.29, 1.82) is 0 Å². The van der Waals surface area contributed by atoms with E-state index in [9.17, 15) is 4.79 Å². The van der Waals surface area contributed by atoms with Crippen LogP contribution < -0.4 is 15.2 Å². The first-order valence-electron chi connectivity index (χ1n) is 6.35. The molecule has 0 aliphatic rings. The number of hydrogen-bond donors (Lipinski definition) is 1. The summed E-state index contributed by atoms with van der Waals surface area (Å²) < 4.78 is 10.4. The fourth-order valence-electron chi connectivity index (χ4n) is 2.12. The number of benzene rings is 2. The normalized spacial score (nSPS) is 10.2. The van der Waals surface area contributed by atoms with Gasteiger partial charge in [0.25, 0.3) is 0 Å². The standard InChI is InChI=1S/C16H16ClNO3/c1-20-14-7-6-11(17)8-10(14)9-13(19)12-4-3-5-15(21-2)16(12)18/h3-8H,9,18H2,1-2H3. The summed E-state index contributed by atoms with van der Waals surface area (Å²) in [5.41, 5.74) is 7.43. The quantitative estimate of drug-likeness (QED) is 0.679. The number of hydrogen-bond acceptors (Lipinski definition) is 4. The van der Waals surface area contributed by atoms with Gasteiger partial charge in [0.05, 0.1) is 19.9 Å². The van der Waals surface area contributed by atoms with E-state index in [0.29, 0.717) is 27.8 Å². The zero-order valence-corrected chi connectivity index (χ0v) is 12.6. The van der Waals surface area contributed by atoms with Crippen molar-refractivity contribution in [2.45, 2.75) is 6.42 Å². The van der Waals surface area contributed by atoms with Crippen molar-refractivity contribution in [1.82, 2.24) is 0 Å². The minimum absolute atomic E-state index is 0.119. The van der Waals surface area contributed by atoms with Crippen LogP contribution in [0.4, 0.5) is 5.69 Å². The van der Waals surface area contributed by atoms with Crippen molar-refractivity contribution in [2.24, 2.45) is 0 Å². The molecule has 2 aromatic carbocycles. The summed E-state index contributed by atoms with van der Waals surface area (Å²) in [6.45, 7) is 0. The Morgan fingerprint density at radius 1 is 1.14 bits per heavy atom. The van der Waals surface area contributed by atoms with E-state index in [1.165, 1.54) is 7.11 Å². The van der Waals surface area contributed by atoms with Crippen LogP contribution in [0.2, 0.25) is 5.02 Å². The fraction of sp³-hybridized carbons (Fsp3) is 0.188. The molecule has 2 rings (SSSR count). The summed E-state index contributed by atoms with van der Waals surface area (Å²) >= 11 is 5.97. The van der Waals surface area contributed by atoms with E-state index < -0.39 is 0 Å².